The minimum Gasteiger partial charge on any atom is -0.349 e. The third-order valence-corrected chi connectivity index (χ3v) is 4.84. The molecule has 7 heteroatoms. The highest BCUT2D eigenvalue weighted by Crippen LogP contribution is 2.11. The van der Waals surface area contributed by atoms with Crippen LogP contribution in [0.5, 0.6) is 0 Å². The summed E-state index contributed by atoms with van der Waals surface area (Å²) >= 11 is 1.53. The molecule has 0 aliphatic carbocycles. The maximum Gasteiger partial charge on any atom is 0.245 e. The smallest absolute Gasteiger partial charge is 0.245 e. The monoisotopic (exact) mass is 393 g/mol. The molecular weight excluding hydrogens is 362 g/mol. The minimum absolute atomic E-state index is 0.0614. The van der Waals surface area contributed by atoms with Gasteiger partial charge in [-0.25, -0.2) is 0 Å². The summed E-state index contributed by atoms with van der Waals surface area (Å²) in [6.07, 6.45) is 5.36. The first-order chi connectivity index (χ1) is 12.9. The van der Waals surface area contributed by atoms with Gasteiger partial charge in [0.2, 0.25) is 17.7 Å². The Bertz CT molecular complexity index is 620. The second kappa shape index (κ2) is 12.3. The van der Waals surface area contributed by atoms with Crippen LogP contribution in [0.4, 0.5) is 0 Å². The number of rotatable bonds is 11. The van der Waals surface area contributed by atoms with Crippen LogP contribution >= 0.6 is 11.3 Å². The van der Waals surface area contributed by atoms with Gasteiger partial charge in [0, 0.05) is 44.6 Å². The third-order valence-electron chi connectivity index (χ3n) is 4.00. The van der Waals surface area contributed by atoms with Crippen molar-refractivity contribution < 1.29 is 14.4 Å². The third kappa shape index (κ3) is 8.39. The van der Waals surface area contributed by atoms with Gasteiger partial charge in [0.15, 0.2) is 0 Å². The Kier molecular flexibility index (Phi) is 10.4. The lowest BCUT2D eigenvalue weighted by Gasteiger charge is -2.27. The summed E-state index contributed by atoms with van der Waals surface area (Å²) in [4.78, 5) is 41.4. The van der Waals surface area contributed by atoms with Crippen LogP contribution in [0.2, 0.25) is 0 Å². The summed E-state index contributed by atoms with van der Waals surface area (Å²) in [5.74, 6) is -0.510. The summed E-state index contributed by atoms with van der Waals surface area (Å²) in [5, 5.41) is 4.72. The Hall–Kier alpha value is -2.15. The topological polar surface area (TPSA) is 69.7 Å². The average Bonchev–Trinajstić information content (AvgIpc) is 3.15. The zero-order valence-electron chi connectivity index (χ0n) is 16.7. The number of nitrogens with one attached hydrogen (secondary N) is 1. The second-order valence-electron chi connectivity index (χ2n) is 6.56. The highest BCUT2D eigenvalue weighted by atomic mass is 32.1. The number of amides is 3. The van der Waals surface area contributed by atoms with Gasteiger partial charge in [-0.05, 0) is 36.8 Å². The first-order valence-corrected chi connectivity index (χ1v) is 10.3. The molecule has 0 saturated heterocycles. The molecule has 1 unspecified atom stereocenters. The van der Waals surface area contributed by atoms with Crippen molar-refractivity contribution in [2.24, 2.45) is 0 Å². The molecule has 0 saturated carbocycles. The standard InChI is InChI=1S/C20H31N3O3S/c1-5-13-23(14-6-2)20(26)17(10-12-19(25)22(3)4)21-18(24)11-9-16-8-7-15-27-16/h7-9,11,15,17H,5-6,10,12-14H2,1-4H3,(H,21,24)/b11-9+. The molecule has 0 bridgehead atoms. The predicted octanol–water partition coefficient (Wildman–Crippen LogP) is 2.76. The maximum atomic E-state index is 12.9. The summed E-state index contributed by atoms with van der Waals surface area (Å²) < 4.78 is 0. The largest absolute Gasteiger partial charge is 0.349 e. The molecular formula is C20H31N3O3S. The molecule has 0 aromatic carbocycles. The summed E-state index contributed by atoms with van der Waals surface area (Å²) in [5.41, 5.74) is 0. The van der Waals surface area contributed by atoms with Crippen molar-refractivity contribution in [3.63, 3.8) is 0 Å². The van der Waals surface area contributed by atoms with E-state index in [0.717, 1.165) is 17.7 Å². The molecule has 3 amide bonds. The van der Waals surface area contributed by atoms with E-state index in [2.05, 4.69) is 5.32 Å². The lowest BCUT2D eigenvalue weighted by molar-refractivity contribution is -0.136. The number of nitrogens with zero attached hydrogens (tertiary/aromatic N) is 2. The highest BCUT2D eigenvalue weighted by Gasteiger charge is 2.25. The maximum absolute atomic E-state index is 12.9. The van der Waals surface area contributed by atoms with Gasteiger partial charge in [0.1, 0.15) is 6.04 Å². The second-order valence-corrected chi connectivity index (χ2v) is 7.54. The molecule has 1 aromatic heterocycles. The Morgan fingerprint density at radius 3 is 2.37 bits per heavy atom. The number of thiophene rings is 1. The zero-order valence-corrected chi connectivity index (χ0v) is 17.6. The van der Waals surface area contributed by atoms with Gasteiger partial charge in [-0.2, -0.15) is 0 Å². The van der Waals surface area contributed by atoms with Crippen LogP contribution < -0.4 is 5.32 Å². The van der Waals surface area contributed by atoms with Crippen LogP contribution in [0, 0.1) is 0 Å². The summed E-state index contributed by atoms with van der Waals surface area (Å²) in [6.45, 7) is 5.32. The van der Waals surface area contributed by atoms with Gasteiger partial charge < -0.3 is 15.1 Å². The van der Waals surface area contributed by atoms with Crippen LogP contribution in [-0.4, -0.2) is 60.7 Å². The molecule has 0 aliphatic heterocycles. The Morgan fingerprint density at radius 2 is 1.85 bits per heavy atom. The van der Waals surface area contributed by atoms with Crippen LogP contribution in [0.3, 0.4) is 0 Å². The summed E-state index contributed by atoms with van der Waals surface area (Å²) in [7, 11) is 3.37. The molecule has 1 N–H and O–H groups in total. The van der Waals surface area contributed by atoms with Crippen LogP contribution in [-0.2, 0) is 14.4 Å². The van der Waals surface area contributed by atoms with Crippen LogP contribution in [0.25, 0.3) is 6.08 Å². The van der Waals surface area contributed by atoms with Gasteiger partial charge in [-0.1, -0.05) is 19.9 Å². The van der Waals surface area contributed by atoms with Gasteiger partial charge >= 0.3 is 0 Å². The van der Waals surface area contributed by atoms with Crippen molar-refractivity contribution in [2.45, 2.75) is 45.6 Å². The minimum atomic E-state index is -0.701. The van der Waals surface area contributed by atoms with E-state index in [0.29, 0.717) is 19.5 Å². The molecule has 0 aliphatic rings. The van der Waals surface area contributed by atoms with Crippen molar-refractivity contribution >= 4 is 35.1 Å². The number of hydrogen-bond acceptors (Lipinski definition) is 4. The van der Waals surface area contributed by atoms with E-state index >= 15 is 0 Å². The molecule has 6 nitrogen and oxygen atoms in total. The number of carbonyl (C=O) groups is 3. The quantitative estimate of drug-likeness (QED) is 0.588. The van der Waals surface area contributed by atoms with Crippen LogP contribution in [0.15, 0.2) is 23.6 Å². The first kappa shape index (κ1) is 22.9. The Balaban J connectivity index is 2.83. The van der Waals surface area contributed by atoms with E-state index in [-0.39, 0.29) is 24.1 Å². The lowest BCUT2D eigenvalue weighted by Crippen LogP contribution is -2.49. The van der Waals surface area contributed by atoms with Gasteiger partial charge in [-0.15, -0.1) is 11.3 Å². The van der Waals surface area contributed by atoms with E-state index in [1.165, 1.54) is 22.3 Å². The fraction of sp³-hybridized carbons (Fsp3) is 0.550. The average molecular weight is 394 g/mol. The van der Waals surface area contributed by atoms with E-state index in [4.69, 9.17) is 0 Å². The SMILES string of the molecule is CCCN(CCC)C(=O)C(CCC(=O)N(C)C)NC(=O)/C=C/c1cccs1. The fourth-order valence-corrected chi connectivity index (χ4v) is 3.22. The van der Waals surface area contributed by atoms with Crippen molar-refractivity contribution in [3.05, 3.63) is 28.5 Å². The molecule has 150 valence electrons. The molecule has 1 atom stereocenters. The van der Waals surface area contributed by atoms with E-state index < -0.39 is 6.04 Å². The van der Waals surface area contributed by atoms with E-state index in [1.54, 1.807) is 25.1 Å². The molecule has 27 heavy (non-hydrogen) atoms. The van der Waals surface area contributed by atoms with Crippen LogP contribution in [0.1, 0.15) is 44.4 Å². The molecule has 1 rings (SSSR count). The fourth-order valence-electron chi connectivity index (χ4n) is 2.60. The first-order valence-electron chi connectivity index (χ1n) is 9.40. The van der Waals surface area contributed by atoms with Crippen molar-refractivity contribution in [1.82, 2.24) is 15.1 Å². The molecule has 1 aromatic rings. The Morgan fingerprint density at radius 1 is 1.19 bits per heavy atom. The van der Waals surface area contributed by atoms with Crippen molar-refractivity contribution in [1.29, 1.82) is 0 Å². The van der Waals surface area contributed by atoms with Crippen molar-refractivity contribution in [3.8, 4) is 0 Å². The molecule has 0 fully saturated rings. The molecule has 0 spiro atoms. The zero-order chi connectivity index (χ0) is 20.2. The summed E-state index contributed by atoms with van der Waals surface area (Å²) in [6, 6.07) is 3.12. The lowest BCUT2D eigenvalue weighted by atomic mass is 10.1. The van der Waals surface area contributed by atoms with Gasteiger partial charge in [-0.3, -0.25) is 14.4 Å². The number of carbonyl (C=O) groups excluding carboxylic acids is 3. The highest BCUT2D eigenvalue weighted by molar-refractivity contribution is 7.10. The van der Waals surface area contributed by atoms with Gasteiger partial charge in [0.05, 0.1) is 0 Å². The van der Waals surface area contributed by atoms with Gasteiger partial charge in [0.25, 0.3) is 0 Å². The Labute approximate surface area is 166 Å². The molecule has 1 heterocycles. The normalized spacial score (nSPS) is 12.0. The molecule has 0 radical (unpaired) electrons. The predicted molar refractivity (Wildman–Crippen MR) is 110 cm³/mol. The van der Waals surface area contributed by atoms with E-state index in [1.807, 2.05) is 31.4 Å². The number of hydrogen-bond donors (Lipinski definition) is 1. The van der Waals surface area contributed by atoms with E-state index in [9.17, 15) is 14.4 Å². The van der Waals surface area contributed by atoms with Crippen molar-refractivity contribution in [2.75, 3.05) is 27.2 Å².